The van der Waals surface area contributed by atoms with Gasteiger partial charge in [-0.2, -0.15) is 0 Å². The minimum Gasteiger partial charge on any atom is -0.445 e. The number of carbonyl (C=O) groups excluding carboxylic acids is 9. The number of unbranched alkanes of at least 4 members (excludes halogenated alkanes) is 2. The van der Waals surface area contributed by atoms with Gasteiger partial charge in [0.15, 0.2) is 0 Å². The molecule has 0 aliphatic carbocycles. The van der Waals surface area contributed by atoms with Crippen LogP contribution >= 0.6 is 0 Å². The summed E-state index contributed by atoms with van der Waals surface area (Å²) in [6.07, 6.45) is 11.2. The maximum Gasteiger partial charge on any atom is 0.408 e. The summed E-state index contributed by atoms with van der Waals surface area (Å²) < 4.78 is 5.57. The summed E-state index contributed by atoms with van der Waals surface area (Å²) in [6, 6.07) is 19.7. The smallest absolute Gasteiger partial charge is 0.408 e. The molecule has 10 amide bonds. The Morgan fingerprint density at radius 2 is 1.48 bits per heavy atom. The summed E-state index contributed by atoms with van der Waals surface area (Å²) in [5.41, 5.74) is 16.2. The normalized spacial score (nSPS) is 13.7. The Bertz CT molecular complexity index is 3070. The van der Waals surface area contributed by atoms with Crippen LogP contribution in [0.3, 0.4) is 0 Å². The number of nitrogens with one attached hydrogen (secondary N) is 7. The number of urea groups is 1. The number of pyridine rings is 1. The molecule has 23 nitrogen and oxygen atoms in total. The van der Waals surface area contributed by atoms with Gasteiger partial charge in [0.05, 0.1) is 23.6 Å². The number of hydrogen-bond acceptors (Lipinski definition) is 14. The second kappa shape index (κ2) is 33.1. The summed E-state index contributed by atoms with van der Waals surface area (Å²) in [7, 11) is 0. The number of amides is 10. The van der Waals surface area contributed by atoms with E-state index >= 15 is 0 Å². The van der Waals surface area contributed by atoms with Crippen molar-refractivity contribution >= 4 is 82.4 Å². The molecule has 0 saturated heterocycles. The van der Waals surface area contributed by atoms with Gasteiger partial charge in [0.2, 0.25) is 23.6 Å². The second-order valence-corrected chi connectivity index (χ2v) is 21.2. The number of benzene rings is 3. The number of ether oxygens (including phenoxy) is 1. The summed E-state index contributed by atoms with van der Waals surface area (Å²) in [5, 5.41) is 20.2. The molecule has 2 aliphatic rings. The molecule has 85 heavy (non-hydrogen) atoms. The number of nitrogens with two attached hydrogens (primary N) is 2. The summed E-state index contributed by atoms with van der Waals surface area (Å²) in [6.45, 7) is 9.88. The molecule has 4 aromatic rings. The minimum absolute atomic E-state index is 0.00592. The number of anilines is 2. The molecule has 3 heterocycles. The molecule has 6 rings (SSSR count). The van der Waals surface area contributed by atoms with E-state index in [9.17, 15) is 43.2 Å². The predicted octanol–water partition coefficient (Wildman–Crippen LogP) is 5.88. The van der Waals surface area contributed by atoms with E-state index in [0.29, 0.717) is 96.6 Å². The average Bonchev–Trinajstić information content (AvgIpc) is 3.22. The SMILES string of the molecule is CCCN(CCC)C(=O)C1=Cc2ccc(C(=O)Nc3cncc(CNC(=O)[C@H](Cc4ccccc4)NC(=O)OCc4ccc(NC(=O)[C@H](CCCNC(N)=O)NC[C@@H](NC(=O)CCCCCN5C(=O)C=CC5=O)C(C)C)cc4)c3)cc2N=C(N)C1. The van der Waals surface area contributed by atoms with E-state index < -0.39 is 36.0 Å². The van der Waals surface area contributed by atoms with Gasteiger partial charge in [-0.3, -0.25) is 43.4 Å². The van der Waals surface area contributed by atoms with Gasteiger partial charge in [-0.15, -0.1) is 0 Å². The molecule has 0 saturated carbocycles. The van der Waals surface area contributed by atoms with Gasteiger partial charge in [-0.1, -0.05) is 82.6 Å². The predicted molar refractivity (Wildman–Crippen MR) is 324 cm³/mol. The highest BCUT2D eigenvalue weighted by Crippen LogP contribution is 2.29. The van der Waals surface area contributed by atoms with Crippen LogP contribution in [0.5, 0.6) is 0 Å². The molecule has 3 atom stereocenters. The monoisotopic (exact) mass is 1170 g/mol. The molecule has 3 aromatic carbocycles. The Morgan fingerprint density at radius 1 is 0.753 bits per heavy atom. The first kappa shape index (κ1) is 64.9. The molecule has 1 aromatic heterocycles. The number of hydrogen-bond donors (Lipinski definition) is 9. The lowest BCUT2D eigenvalue weighted by Gasteiger charge is -2.26. The van der Waals surface area contributed by atoms with Crippen LogP contribution in [0.2, 0.25) is 0 Å². The van der Waals surface area contributed by atoms with Crippen molar-refractivity contribution in [2.24, 2.45) is 22.4 Å². The fourth-order valence-corrected chi connectivity index (χ4v) is 9.43. The molecule has 0 fully saturated rings. The van der Waals surface area contributed by atoms with Gasteiger partial charge in [-0.25, -0.2) is 14.6 Å². The number of primary amides is 1. The third-order valence-corrected chi connectivity index (χ3v) is 14.0. The summed E-state index contributed by atoms with van der Waals surface area (Å²) >= 11 is 0. The number of rotatable bonds is 32. The van der Waals surface area contributed by atoms with Gasteiger partial charge in [0.25, 0.3) is 17.7 Å². The highest BCUT2D eigenvalue weighted by atomic mass is 16.5. The number of carbonyl (C=O) groups is 9. The zero-order chi connectivity index (χ0) is 61.3. The first-order valence-electron chi connectivity index (χ1n) is 28.9. The van der Waals surface area contributed by atoms with Crippen LogP contribution in [0.15, 0.2) is 114 Å². The van der Waals surface area contributed by atoms with Crippen LogP contribution in [0, 0.1) is 5.92 Å². The quantitative estimate of drug-likeness (QED) is 0.0204. The Kier molecular flexibility index (Phi) is 25.3. The molecule has 0 unspecified atom stereocenters. The molecule has 2 aliphatic heterocycles. The van der Waals surface area contributed by atoms with Crippen LogP contribution in [0.25, 0.3) is 6.08 Å². The number of imide groups is 1. The largest absolute Gasteiger partial charge is 0.445 e. The highest BCUT2D eigenvalue weighted by Gasteiger charge is 2.27. The van der Waals surface area contributed by atoms with Crippen molar-refractivity contribution in [2.45, 2.75) is 123 Å². The number of amidine groups is 1. The topological polar surface area (TPSA) is 331 Å². The van der Waals surface area contributed by atoms with Crippen molar-refractivity contribution in [1.29, 1.82) is 0 Å². The molecular weight excluding hydrogens is 1090 g/mol. The van der Waals surface area contributed by atoms with Gasteiger partial charge in [0.1, 0.15) is 18.5 Å². The van der Waals surface area contributed by atoms with Gasteiger partial charge >= 0.3 is 12.1 Å². The maximum atomic E-state index is 13.8. The molecule has 0 spiro atoms. The van der Waals surface area contributed by atoms with Crippen LogP contribution in [0.1, 0.15) is 118 Å². The number of nitrogens with zero attached hydrogens (tertiary/aromatic N) is 4. The van der Waals surface area contributed by atoms with E-state index in [2.05, 4.69) is 47.2 Å². The molecule has 452 valence electrons. The van der Waals surface area contributed by atoms with Crippen molar-refractivity contribution in [2.75, 3.05) is 43.4 Å². The number of fused-ring (bicyclic) bond motifs is 1. The fourth-order valence-electron chi connectivity index (χ4n) is 9.43. The first-order chi connectivity index (χ1) is 40.9. The number of alkyl carbamates (subject to hydrolysis) is 1. The lowest BCUT2D eigenvalue weighted by atomic mass is 10.0. The first-order valence-corrected chi connectivity index (χ1v) is 28.9. The minimum atomic E-state index is -1.05. The van der Waals surface area contributed by atoms with Gasteiger partial charge in [-0.05, 0) is 97.5 Å². The van der Waals surface area contributed by atoms with E-state index in [1.54, 1.807) is 60.8 Å². The van der Waals surface area contributed by atoms with E-state index in [0.717, 1.165) is 18.4 Å². The van der Waals surface area contributed by atoms with Crippen LogP contribution in [-0.4, -0.2) is 125 Å². The Labute approximate surface area is 495 Å². The third-order valence-electron chi connectivity index (χ3n) is 14.0. The van der Waals surface area contributed by atoms with Crippen molar-refractivity contribution in [3.63, 3.8) is 0 Å². The average molecular weight is 1170 g/mol. The van der Waals surface area contributed by atoms with E-state index in [1.165, 1.54) is 23.2 Å². The van der Waals surface area contributed by atoms with Crippen LogP contribution in [-0.2, 0) is 53.1 Å². The van der Waals surface area contributed by atoms with Crippen molar-refractivity contribution in [3.05, 3.63) is 137 Å². The van der Waals surface area contributed by atoms with Crippen LogP contribution in [0.4, 0.5) is 26.7 Å². The molecular formula is C62H79N13O10. The lowest BCUT2D eigenvalue weighted by molar-refractivity contribution is -0.137. The highest BCUT2D eigenvalue weighted by molar-refractivity contribution is 6.13. The number of aliphatic imine (C=N–C) groups is 1. The van der Waals surface area contributed by atoms with E-state index in [4.69, 9.17) is 16.2 Å². The van der Waals surface area contributed by atoms with Gasteiger partial charge < -0.3 is 58.3 Å². The Balaban J connectivity index is 0.996. The fraction of sp³-hybridized carbons (Fsp3) is 0.403. The molecule has 11 N–H and O–H groups in total. The Morgan fingerprint density at radius 3 is 2.18 bits per heavy atom. The van der Waals surface area contributed by atoms with Crippen LogP contribution < -0.4 is 48.7 Å². The molecule has 23 heteroatoms. The summed E-state index contributed by atoms with van der Waals surface area (Å²) in [5.74, 6) is -1.95. The third kappa shape index (κ3) is 21.2. The Hall–Kier alpha value is -9.25. The maximum absolute atomic E-state index is 13.8. The molecule has 0 bridgehead atoms. The number of aromatic nitrogens is 1. The van der Waals surface area contributed by atoms with E-state index in [-0.39, 0.29) is 92.8 Å². The van der Waals surface area contributed by atoms with Crippen molar-refractivity contribution in [3.8, 4) is 0 Å². The van der Waals surface area contributed by atoms with Crippen molar-refractivity contribution < 1.29 is 47.9 Å². The second-order valence-electron chi connectivity index (χ2n) is 21.2. The standard InChI is InChI=1S/C62H79N13O10/c1-5-27-74(28-6-2)60(82)46-32-44-20-21-45(33-50(44)71-53(63)34-46)57(79)70-48-30-43(35-65-37-48)36-68-58(80)51(31-41-14-9-7-10-15-41)73-62(84)85-39-42-18-22-47(23-19-42)69-59(81)49(16-13-26-66-61(64)83)67-38-52(40(3)4)72-54(76)17-11-8-12-29-75-55(77)24-25-56(75)78/h7,9-10,14-15,18-25,30,32-33,35,37,40,49,51-52,67H,5-6,8,11-13,16-17,26-29,31,34,36,38-39H2,1-4H3,(H2,63,71)(H,68,80)(H,69,81)(H,70,79)(H,72,76)(H,73,84)(H3,64,66,83)/t49-,51-,52+/m0/s1. The van der Waals surface area contributed by atoms with Crippen molar-refractivity contribution in [1.82, 2.24) is 41.4 Å². The molecule has 0 radical (unpaired) electrons. The zero-order valence-corrected chi connectivity index (χ0v) is 48.7. The zero-order valence-electron chi connectivity index (χ0n) is 48.7. The van der Waals surface area contributed by atoms with E-state index in [1.807, 2.05) is 62.9 Å². The van der Waals surface area contributed by atoms with Gasteiger partial charge in [0, 0.05) is 105 Å². The summed E-state index contributed by atoms with van der Waals surface area (Å²) in [4.78, 5) is 128. The lowest BCUT2D eigenvalue weighted by Crippen LogP contribution is -2.50.